The molecule has 0 spiro atoms. The third kappa shape index (κ3) is 3.02. The Morgan fingerprint density at radius 2 is 2.10 bits per heavy atom. The van der Waals surface area contributed by atoms with Crippen molar-refractivity contribution in [3.63, 3.8) is 0 Å². The van der Waals surface area contributed by atoms with Crippen molar-refractivity contribution in [2.24, 2.45) is 0 Å². The van der Waals surface area contributed by atoms with Gasteiger partial charge in [0.1, 0.15) is 5.82 Å². The number of hydrogen-bond acceptors (Lipinski definition) is 4. The van der Waals surface area contributed by atoms with E-state index in [1.54, 1.807) is 19.3 Å². The van der Waals surface area contributed by atoms with Crippen LogP contribution in [0.25, 0.3) is 0 Å². The van der Waals surface area contributed by atoms with Crippen molar-refractivity contribution < 1.29 is 4.79 Å². The molecular weight excluding hydrogens is 264 g/mol. The Morgan fingerprint density at radius 3 is 2.86 bits per heavy atom. The molecule has 108 valence electrons. The van der Waals surface area contributed by atoms with Crippen LogP contribution >= 0.6 is 0 Å². The lowest BCUT2D eigenvalue weighted by Crippen LogP contribution is -2.34. The fourth-order valence-electron chi connectivity index (χ4n) is 2.61. The number of carbonyl (C=O) groups excluding carboxylic acids is 1. The van der Waals surface area contributed by atoms with E-state index in [0.717, 1.165) is 30.0 Å². The van der Waals surface area contributed by atoms with Gasteiger partial charge in [-0.15, -0.1) is 0 Å². The summed E-state index contributed by atoms with van der Waals surface area (Å²) in [6, 6.07) is 7.96. The fraction of sp³-hybridized carbons (Fsp3) is 0.312. The summed E-state index contributed by atoms with van der Waals surface area (Å²) in [6.45, 7) is 4.49. The normalized spacial score (nSPS) is 14.5. The summed E-state index contributed by atoms with van der Waals surface area (Å²) in [4.78, 5) is 24.5. The molecule has 0 unspecified atom stereocenters. The standard InChI is InChI=1S/C16H18N4O/c1-13(21)19-8-9-20(11-14-4-2-6-17-10-14)16-15(12-19)5-3-7-18-16/h2-7,10H,8-9,11-12H2,1H3. The molecule has 0 aromatic carbocycles. The zero-order valence-electron chi connectivity index (χ0n) is 12.1. The maximum atomic E-state index is 11.7. The maximum Gasteiger partial charge on any atom is 0.219 e. The van der Waals surface area contributed by atoms with Crippen molar-refractivity contribution in [3.8, 4) is 0 Å². The van der Waals surface area contributed by atoms with Crippen molar-refractivity contribution in [1.82, 2.24) is 14.9 Å². The van der Waals surface area contributed by atoms with Gasteiger partial charge in [0.25, 0.3) is 0 Å². The van der Waals surface area contributed by atoms with Crippen molar-refractivity contribution in [3.05, 3.63) is 54.0 Å². The Morgan fingerprint density at radius 1 is 1.24 bits per heavy atom. The van der Waals surface area contributed by atoms with Crippen LogP contribution in [0.3, 0.4) is 0 Å². The first-order chi connectivity index (χ1) is 10.2. The van der Waals surface area contributed by atoms with Gasteiger partial charge in [0.15, 0.2) is 0 Å². The molecule has 5 heteroatoms. The van der Waals surface area contributed by atoms with E-state index < -0.39 is 0 Å². The Kier molecular flexibility index (Phi) is 3.81. The number of nitrogens with zero attached hydrogens (tertiary/aromatic N) is 4. The maximum absolute atomic E-state index is 11.7. The van der Waals surface area contributed by atoms with E-state index in [1.807, 2.05) is 29.3 Å². The zero-order valence-corrected chi connectivity index (χ0v) is 12.1. The molecule has 0 bridgehead atoms. The molecule has 5 nitrogen and oxygen atoms in total. The Balaban J connectivity index is 1.89. The first kappa shape index (κ1) is 13.5. The highest BCUT2D eigenvalue weighted by molar-refractivity contribution is 5.73. The molecule has 0 saturated carbocycles. The summed E-state index contributed by atoms with van der Waals surface area (Å²) in [5.74, 6) is 1.07. The highest BCUT2D eigenvalue weighted by Crippen LogP contribution is 2.23. The van der Waals surface area contributed by atoms with E-state index >= 15 is 0 Å². The molecule has 0 atom stereocenters. The predicted molar refractivity (Wildman–Crippen MR) is 80.6 cm³/mol. The number of amides is 1. The Hall–Kier alpha value is -2.43. The monoisotopic (exact) mass is 282 g/mol. The van der Waals surface area contributed by atoms with E-state index in [-0.39, 0.29) is 5.91 Å². The van der Waals surface area contributed by atoms with Gasteiger partial charge in [0.2, 0.25) is 5.91 Å². The summed E-state index contributed by atoms with van der Waals surface area (Å²) >= 11 is 0. The molecule has 3 heterocycles. The molecule has 2 aromatic heterocycles. The molecule has 0 radical (unpaired) electrons. The van der Waals surface area contributed by atoms with Crippen LogP contribution < -0.4 is 4.90 Å². The molecule has 1 amide bonds. The van der Waals surface area contributed by atoms with E-state index in [4.69, 9.17) is 0 Å². The van der Waals surface area contributed by atoms with Crippen LogP contribution in [0, 0.1) is 0 Å². The summed E-state index contributed by atoms with van der Waals surface area (Å²) in [7, 11) is 0. The molecule has 1 aliphatic rings. The minimum Gasteiger partial charge on any atom is -0.350 e. The van der Waals surface area contributed by atoms with Crippen LogP contribution in [0.15, 0.2) is 42.9 Å². The molecule has 3 rings (SSSR count). The van der Waals surface area contributed by atoms with Crippen molar-refractivity contribution in [2.45, 2.75) is 20.0 Å². The van der Waals surface area contributed by atoms with Crippen molar-refractivity contribution in [1.29, 1.82) is 0 Å². The Bertz CT molecular complexity index is 629. The second-order valence-electron chi connectivity index (χ2n) is 5.21. The molecule has 0 aliphatic carbocycles. The first-order valence-corrected chi connectivity index (χ1v) is 7.07. The van der Waals surface area contributed by atoms with Gasteiger partial charge in [0.05, 0.1) is 0 Å². The lowest BCUT2D eigenvalue weighted by molar-refractivity contribution is -0.129. The average Bonchev–Trinajstić information content (AvgIpc) is 2.69. The quantitative estimate of drug-likeness (QED) is 0.843. The zero-order chi connectivity index (χ0) is 14.7. The number of aromatic nitrogens is 2. The molecule has 21 heavy (non-hydrogen) atoms. The molecule has 0 saturated heterocycles. The van der Waals surface area contributed by atoms with E-state index in [2.05, 4.69) is 20.9 Å². The lowest BCUT2D eigenvalue weighted by atomic mass is 10.2. The number of pyridine rings is 2. The van der Waals surface area contributed by atoms with Crippen LogP contribution in [-0.4, -0.2) is 33.9 Å². The highest BCUT2D eigenvalue weighted by atomic mass is 16.2. The largest absolute Gasteiger partial charge is 0.350 e. The third-order valence-corrected chi connectivity index (χ3v) is 3.71. The molecule has 1 aliphatic heterocycles. The van der Waals surface area contributed by atoms with Gasteiger partial charge in [-0.05, 0) is 17.7 Å². The fourth-order valence-corrected chi connectivity index (χ4v) is 2.61. The topological polar surface area (TPSA) is 49.3 Å². The number of carbonyl (C=O) groups is 1. The first-order valence-electron chi connectivity index (χ1n) is 7.07. The smallest absolute Gasteiger partial charge is 0.219 e. The van der Waals surface area contributed by atoms with Crippen LogP contribution in [0.5, 0.6) is 0 Å². The van der Waals surface area contributed by atoms with Gasteiger partial charge in [0, 0.05) is 57.3 Å². The van der Waals surface area contributed by atoms with Gasteiger partial charge in [-0.2, -0.15) is 0 Å². The second kappa shape index (κ2) is 5.91. The third-order valence-electron chi connectivity index (χ3n) is 3.71. The minimum atomic E-state index is 0.105. The van der Waals surface area contributed by atoms with Crippen molar-refractivity contribution >= 4 is 11.7 Å². The predicted octanol–water partition coefficient (Wildman–Crippen LogP) is 1.85. The number of hydrogen-bond donors (Lipinski definition) is 0. The SMILES string of the molecule is CC(=O)N1CCN(Cc2cccnc2)c2ncccc2C1. The molecule has 2 aromatic rings. The van der Waals surface area contributed by atoms with E-state index in [9.17, 15) is 4.79 Å². The van der Waals surface area contributed by atoms with Gasteiger partial charge in [-0.3, -0.25) is 9.78 Å². The summed E-state index contributed by atoms with van der Waals surface area (Å²) in [5, 5.41) is 0. The van der Waals surface area contributed by atoms with Gasteiger partial charge in [-0.1, -0.05) is 12.1 Å². The number of fused-ring (bicyclic) bond motifs is 1. The Labute approximate surface area is 124 Å². The molecular formula is C16H18N4O. The highest BCUT2D eigenvalue weighted by Gasteiger charge is 2.22. The van der Waals surface area contributed by atoms with Crippen LogP contribution in [0.4, 0.5) is 5.82 Å². The van der Waals surface area contributed by atoms with Crippen LogP contribution in [-0.2, 0) is 17.9 Å². The summed E-state index contributed by atoms with van der Waals surface area (Å²) in [5.41, 5.74) is 2.24. The van der Waals surface area contributed by atoms with Crippen LogP contribution in [0.1, 0.15) is 18.1 Å². The van der Waals surface area contributed by atoms with Gasteiger partial charge >= 0.3 is 0 Å². The average molecular weight is 282 g/mol. The van der Waals surface area contributed by atoms with Crippen LogP contribution in [0.2, 0.25) is 0 Å². The second-order valence-corrected chi connectivity index (χ2v) is 5.21. The number of anilines is 1. The van der Waals surface area contributed by atoms with E-state index in [0.29, 0.717) is 13.1 Å². The lowest BCUT2D eigenvalue weighted by Gasteiger charge is -2.23. The summed E-state index contributed by atoms with van der Waals surface area (Å²) < 4.78 is 0. The van der Waals surface area contributed by atoms with Gasteiger partial charge < -0.3 is 9.80 Å². The van der Waals surface area contributed by atoms with Gasteiger partial charge in [-0.25, -0.2) is 4.98 Å². The summed E-state index contributed by atoms with van der Waals surface area (Å²) in [6.07, 6.45) is 5.45. The molecule has 0 N–H and O–H groups in total. The van der Waals surface area contributed by atoms with Crippen molar-refractivity contribution in [2.75, 3.05) is 18.0 Å². The number of rotatable bonds is 2. The van der Waals surface area contributed by atoms with E-state index in [1.165, 1.54) is 0 Å². The molecule has 0 fully saturated rings. The minimum absolute atomic E-state index is 0.105.